The number of rotatable bonds is 4. The summed E-state index contributed by atoms with van der Waals surface area (Å²) in [5.41, 5.74) is 3.05. The molecule has 0 atom stereocenters. The monoisotopic (exact) mass is 305 g/mol. The Balaban J connectivity index is 1.92. The molecule has 9 heteroatoms. The molecule has 0 saturated heterocycles. The number of hydrogen-bond acceptors (Lipinski definition) is 7. The first-order valence-electron chi connectivity index (χ1n) is 6.38. The molecule has 0 radical (unpaired) electrons. The number of aromatic carboxylic acids is 1. The summed E-state index contributed by atoms with van der Waals surface area (Å²) < 4.78 is 5.32. The first kappa shape index (κ1) is 13.8. The second-order valence-electron chi connectivity index (χ2n) is 4.60. The van der Waals surface area contributed by atoms with Crippen molar-refractivity contribution in [2.45, 2.75) is 19.3 Å². The van der Waals surface area contributed by atoms with Gasteiger partial charge in [0.1, 0.15) is 16.8 Å². The van der Waals surface area contributed by atoms with E-state index >= 15 is 0 Å². The maximum absolute atomic E-state index is 11.5. The first-order chi connectivity index (χ1) is 10.1. The van der Waals surface area contributed by atoms with Crippen LogP contribution in [-0.2, 0) is 13.0 Å². The molecular formula is C12H12BN3O4S. The minimum atomic E-state index is -1.07. The Morgan fingerprint density at radius 3 is 3.10 bits per heavy atom. The summed E-state index contributed by atoms with van der Waals surface area (Å²) >= 11 is 1.33. The number of anilines is 1. The van der Waals surface area contributed by atoms with E-state index in [0.717, 1.165) is 5.56 Å². The van der Waals surface area contributed by atoms with Crippen molar-refractivity contribution in [1.29, 1.82) is 0 Å². The number of carbonyl (C=O) groups is 1. The molecule has 0 aliphatic carbocycles. The third kappa shape index (κ3) is 2.83. The molecule has 108 valence electrons. The SMILES string of the molecule is O=C(O)c1c(CNc2nncs2)ccc2c1OB(O)CC2. The Hall–Kier alpha value is -2.13. The Bertz CT molecular complexity index is 665. The average molecular weight is 305 g/mol. The molecular weight excluding hydrogens is 293 g/mol. The normalized spacial score (nSPS) is 13.5. The van der Waals surface area contributed by atoms with Crippen LogP contribution < -0.4 is 9.97 Å². The van der Waals surface area contributed by atoms with Crippen LogP contribution >= 0.6 is 11.3 Å². The van der Waals surface area contributed by atoms with E-state index in [9.17, 15) is 14.9 Å². The summed E-state index contributed by atoms with van der Waals surface area (Å²) in [7, 11) is -0.957. The van der Waals surface area contributed by atoms with Gasteiger partial charge in [0.25, 0.3) is 0 Å². The lowest BCUT2D eigenvalue weighted by molar-refractivity contribution is 0.0693. The largest absolute Gasteiger partial charge is 0.535 e. The van der Waals surface area contributed by atoms with Crippen LogP contribution in [0.25, 0.3) is 0 Å². The topological polar surface area (TPSA) is 105 Å². The highest BCUT2D eigenvalue weighted by atomic mass is 32.1. The molecule has 3 rings (SSSR count). The molecule has 1 aliphatic heterocycles. The van der Waals surface area contributed by atoms with Gasteiger partial charge in [-0.2, -0.15) is 0 Å². The van der Waals surface area contributed by atoms with Crippen LogP contribution in [-0.4, -0.2) is 33.4 Å². The van der Waals surface area contributed by atoms with Crippen molar-refractivity contribution in [3.8, 4) is 5.75 Å². The fourth-order valence-electron chi connectivity index (χ4n) is 2.27. The van der Waals surface area contributed by atoms with Crippen molar-refractivity contribution in [2.75, 3.05) is 5.32 Å². The van der Waals surface area contributed by atoms with Crippen LogP contribution in [0.1, 0.15) is 21.5 Å². The van der Waals surface area contributed by atoms with Gasteiger partial charge >= 0.3 is 13.1 Å². The van der Waals surface area contributed by atoms with E-state index in [1.807, 2.05) is 6.07 Å². The van der Waals surface area contributed by atoms with Crippen molar-refractivity contribution >= 4 is 29.6 Å². The predicted molar refractivity (Wildman–Crippen MR) is 77.7 cm³/mol. The second kappa shape index (κ2) is 5.70. The summed E-state index contributed by atoms with van der Waals surface area (Å²) in [5, 5.41) is 30.2. The molecule has 0 bridgehead atoms. The molecule has 1 aromatic carbocycles. The van der Waals surface area contributed by atoms with Gasteiger partial charge in [-0.05, 0) is 23.9 Å². The molecule has 0 spiro atoms. The van der Waals surface area contributed by atoms with Crippen molar-refractivity contribution in [2.24, 2.45) is 0 Å². The summed E-state index contributed by atoms with van der Waals surface area (Å²) in [4.78, 5) is 11.5. The van der Waals surface area contributed by atoms with E-state index in [2.05, 4.69) is 15.5 Å². The smallest absolute Gasteiger partial charge is 0.522 e. The van der Waals surface area contributed by atoms with Gasteiger partial charge in [-0.15, -0.1) is 10.2 Å². The number of aryl methyl sites for hydroxylation is 1. The van der Waals surface area contributed by atoms with E-state index in [-0.39, 0.29) is 11.3 Å². The van der Waals surface area contributed by atoms with E-state index in [0.29, 0.717) is 30.0 Å². The first-order valence-corrected chi connectivity index (χ1v) is 7.26. The van der Waals surface area contributed by atoms with Gasteiger partial charge in [0.05, 0.1) is 0 Å². The number of fused-ring (bicyclic) bond motifs is 1. The zero-order valence-electron chi connectivity index (χ0n) is 10.9. The number of benzene rings is 1. The van der Waals surface area contributed by atoms with Gasteiger partial charge < -0.3 is 20.1 Å². The van der Waals surface area contributed by atoms with Gasteiger partial charge in [0, 0.05) is 6.54 Å². The van der Waals surface area contributed by atoms with Crippen LogP contribution in [0, 0.1) is 0 Å². The molecule has 0 unspecified atom stereocenters. The lowest BCUT2D eigenvalue weighted by Gasteiger charge is -2.23. The zero-order chi connectivity index (χ0) is 14.8. The fraction of sp³-hybridized carbons (Fsp3) is 0.250. The number of carboxylic acid groups (broad SMARTS) is 1. The molecule has 2 heterocycles. The summed E-state index contributed by atoms with van der Waals surface area (Å²) in [6.07, 6.45) is 1.06. The standard InChI is InChI=1S/C12H12BN3O4S/c17-11(18)9-8(5-14-12-16-15-6-21-12)2-1-7-3-4-13(19)20-10(7)9/h1-2,6,19H,3-5H2,(H,14,16)(H,17,18). The van der Waals surface area contributed by atoms with E-state index in [1.165, 1.54) is 11.3 Å². The molecule has 1 aromatic heterocycles. The summed E-state index contributed by atoms with van der Waals surface area (Å²) in [5.74, 6) is -0.812. The third-order valence-corrected chi connectivity index (χ3v) is 3.89. The molecule has 21 heavy (non-hydrogen) atoms. The molecule has 1 aliphatic rings. The fourth-order valence-corrected chi connectivity index (χ4v) is 2.72. The Labute approximate surface area is 124 Å². The van der Waals surface area contributed by atoms with Crippen LogP contribution in [0.5, 0.6) is 5.75 Å². The molecule has 3 N–H and O–H groups in total. The highest BCUT2D eigenvalue weighted by Crippen LogP contribution is 2.33. The Morgan fingerprint density at radius 1 is 1.52 bits per heavy atom. The molecule has 0 amide bonds. The van der Waals surface area contributed by atoms with Crippen LogP contribution in [0.15, 0.2) is 17.6 Å². The van der Waals surface area contributed by atoms with Gasteiger partial charge in [0.15, 0.2) is 0 Å². The average Bonchev–Trinajstić information content (AvgIpc) is 2.97. The summed E-state index contributed by atoms with van der Waals surface area (Å²) in [6.45, 7) is 0.295. The molecule has 2 aromatic rings. The van der Waals surface area contributed by atoms with Gasteiger partial charge in [-0.3, -0.25) is 0 Å². The quantitative estimate of drug-likeness (QED) is 0.730. The number of nitrogens with zero attached hydrogens (tertiary/aromatic N) is 2. The van der Waals surface area contributed by atoms with Crippen molar-refractivity contribution in [3.05, 3.63) is 34.3 Å². The lowest BCUT2D eigenvalue weighted by Crippen LogP contribution is -2.28. The minimum Gasteiger partial charge on any atom is -0.535 e. The van der Waals surface area contributed by atoms with Crippen LogP contribution in [0.4, 0.5) is 5.13 Å². The maximum atomic E-state index is 11.5. The van der Waals surface area contributed by atoms with Crippen molar-refractivity contribution in [1.82, 2.24) is 10.2 Å². The number of nitrogens with one attached hydrogen (secondary N) is 1. The molecule has 0 saturated carbocycles. The number of hydrogen-bond donors (Lipinski definition) is 3. The van der Waals surface area contributed by atoms with E-state index < -0.39 is 13.1 Å². The van der Waals surface area contributed by atoms with Crippen LogP contribution in [0.3, 0.4) is 0 Å². The Morgan fingerprint density at radius 2 is 2.38 bits per heavy atom. The number of aromatic nitrogens is 2. The third-order valence-electron chi connectivity index (χ3n) is 3.24. The van der Waals surface area contributed by atoms with Gasteiger partial charge in [-0.25, -0.2) is 4.79 Å². The molecule has 7 nitrogen and oxygen atoms in total. The summed E-state index contributed by atoms with van der Waals surface area (Å²) in [6, 6.07) is 3.60. The number of carboxylic acids is 1. The zero-order valence-corrected chi connectivity index (χ0v) is 11.8. The maximum Gasteiger partial charge on any atom is 0.522 e. The van der Waals surface area contributed by atoms with E-state index in [1.54, 1.807) is 11.6 Å². The van der Waals surface area contributed by atoms with E-state index in [4.69, 9.17) is 4.65 Å². The highest BCUT2D eigenvalue weighted by Gasteiger charge is 2.29. The minimum absolute atomic E-state index is 0.0864. The lowest BCUT2D eigenvalue weighted by atomic mass is 9.78. The molecule has 0 fully saturated rings. The predicted octanol–water partition coefficient (Wildman–Crippen LogP) is 1.26. The van der Waals surface area contributed by atoms with Crippen LogP contribution in [0.2, 0.25) is 6.32 Å². The van der Waals surface area contributed by atoms with Gasteiger partial charge in [-0.1, -0.05) is 23.5 Å². The Kier molecular flexibility index (Phi) is 3.76. The van der Waals surface area contributed by atoms with Crippen molar-refractivity contribution in [3.63, 3.8) is 0 Å². The second-order valence-corrected chi connectivity index (χ2v) is 5.43. The van der Waals surface area contributed by atoms with Crippen molar-refractivity contribution < 1.29 is 19.6 Å². The highest BCUT2D eigenvalue weighted by molar-refractivity contribution is 7.13. The van der Waals surface area contributed by atoms with Gasteiger partial charge in [0.2, 0.25) is 5.13 Å².